The van der Waals surface area contributed by atoms with Gasteiger partial charge in [0.25, 0.3) is 0 Å². The summed E-state index contributed by atoms with van der Waals surface area (Å²) in [5.74, 6) is 0.691. The number of alkyl halides is 3. The van der Waals surface area contributed by atoms with Crippen molar-refractivity contribution in [2.45, 2.75) is 38.6 Å². The minimum absolute atomic E-state index is 0.196. The molecular weight excluding hydrogens is 293 g/mol. The molecule has 3 atom stereocenters. The maximum atomic E-state index is 12.4. The van der Waals surface area contributed by atoms with Gasteiger partial charge in [-0.1, -0.05) is 0 Å². The van der Waals surface area contributed by atoms with E-state index in [1.807, 2.05) is 0 Å². The molecule has 0 N–H and O–H groups in total. The Hall–Kier alpha value is 1.02. The molecule has 0 aromatic heterocycles. The lowest BCUT2D eigenvalue weighted by Crippen LogP contribution is -2.21. The highest BCUT2D eigenvalue weighted by Crippen LogP contribution is 2.55. The Kier molecular flexibility index (Phi) is 8.70. The van der Waals surface area contributed by atoms with Gasteiger partial charge in [0.05, 0.1) is 17.9 Å². The van der Waals surface area contributed by atoms with Gasteiger partial charge in [-0.15, -0.1) is 34.8 Å². The van der Waals surface area contributed by atoms with Gasteiger partial charge < -0.3 is 9.05 Å². The van der Waals surface area contributed by atoms with E-state index in [0.717, 1.165) is 0 Å². The molecule has 0 aromatic rings. The summed E-state index contributed by atoms with van der Waals surface area (Å²) in [6, 6.07) is 0. The SMILES string of the molecule is C[C@H](CCl)P(=O)(O[C@@H](C)CCl)O[C@@H](C)CCl. The predicted molar refractivity (Wildman–Crippen MR) is 70.3 cm³/mol. The summed E-state index contributed by atoms with van der Waals surface area (Å²) >= 11 is 16.9. The number of halogens is 3. The summed E-state index contributed by atoms with van der Waals surface area (Å²) in [6.07, 6.45) is -0.693. The molecule has 16 heavy (non-hydrogen) atoms. The van der Waals surface area contributed by atoms with Crippen molar-refractivity contribution in [2.24, 2.45) is 0 Å². The largest absolute Gasteiger partial charge is 0.335 e. The van der Waals surface area contributed by atoms with E-state index < -0.39 is 7.60 Å². The second-order valence-corrected chi connectivity index (χ2v) is 6.99. The molecule has 0 spiro atoms. The summed E-state index contributed by atoms with van der Waals surface area (Å²) < 4.78 is 23.2. The van der Waals surface area contributed by atoms with Crippen molar-refractivity contribution in [3.8, 4) is 0 Å². The summed E-state index contributed by atoms with van der Waals surface area (Å²) in [5, 5.41) is 0. The average Bonchev–Trinajstić information content (AvgIpc) is 2.27. The summed E-state index contributed by atoms with van der Waals surface area (Å²) in [5.41, 5.74) is -0.384. The van der Waals surface area contributed by atoms with Gasteiger partial charge in [-0.3, -0.25) is 4.57 Å². The number of hydrogen-bond donors (Lipinski definition) is 0. The predicted octanol–water partition coefficient (Wildman–Crippen LogP) is 4.09. The van der Waals surface area contributed by atoms with Gasteiger partial charge in [0.15, 0.2) is 0 Å². The van der Waals surface area contributed by atoms with Gasteiger partial charge >= 0.3 is 7.60 Å². The van der Waals surface area contributed by atoms with Crippen LogP contribution in [0.4, 0.5) is 0 Å². The van der Waals surface area contributed by atoms with Gasteiger partial charge in [0.1, 0.15) is 0 Å². The third kappa shape index (κ3) is 5.57. The van der Waals surface area contributed by atoms with Crippen molar-refractivity contribution in [3.05, 3.63) is 0 Å². The highest BCUT2D eigenvalue weighted by molar-refractivity contribution is 7.54. The Labute approximate surface area is 112 Å². The van der Waals surface area contributed by atoms with E-state index in [0.29, 0.717) is 0 Å². The molecule has 0 aromatic carbocycles. The Morgan fingerprint density at radius 3 is 1.56 bits per heavy atom. The molecular formula is C9H18Cl3O3P. The first-order valence-corrected chi connectivity index (χ1v) is 8.25. The topological polar surface area (TPSA) is 35.5 Å². The molecule has 0 amide bonds. The van der Waals surface area contributed by atoms with Crippen LogP contribution in [0.3, 0.4) is 0 Å². The third-order valence-corrected chi connectivity index (χ3v) is 5.97. The maximum absolute atomic E-state index is 12.4. The molecule has 3 nitrogen and oxygen atoms in total. The average molecular weight is 312 g/mol. The van der Waals surface area contributed by atoms with E-state index in [2.05, 4.69) is 0 Å². The summed E-state index contributed by atoms with van der Waals surface area (Å²) in [6.45, 7) is 5.18. The quantitative estimate of drug-likeness (QED) is 0.500. The molecule has 98 valence electrons. The van der Waals surface area contributed by atoms with Crippen LogP contribution < -0.4 is 0 Å². The van der Waals surface area contributed by atoms with Crippen LogP contribution in [-0.4, -0.2) is 35.5 Å². The van der Waals surface area contributed by atoms with E-state index in [1.54, 1.807) is 20.8 Å². The van der Waals surface area contributed by atoms with Gasteiger partial charge in [0.2, 0.25) is 0 Å². The molecule has 0 fully saturated rings. The van der Waals surface area contributed by atoms with Crippen molar-refractivity contribution in [2.75, 3.05) is 17.6 Å². The normalized spacial score (nSPS) is 18.1. The Balaban J connectivity index is 4.68. The zero-order valence-corrected chi connectivity index (χ0v) is 12.8. The van der Waals surface area contributed by atoms with Gasteiger partial charge in [-0.05, 0) is 20.8 Å². The first kappa shape index (κ1) is 17.0. The number of hydrogen-bond acceptors (Lipinski definition) is 3. The minimum Gasteiger partial charge on any atom is -0.304 e. The molecule has 0 saturated heterocycles. The molecule has 0 unspecified atom stereocenters. The van der Waals surface area contributed by atoms with Gasteiger partial charge in [-0.25, -0.2) is 0 Å². The number of rotatable bonds is 8. The van der Waals surface area contributed by atoms with Gasteiger partial charge in [0, 0.05) is 17.6 Å². The zero-order valence-electron chi connectivity index (χ0n) is 9.66. The summed E-state index contributed by atoms with van der Waals surface area (Å²) in [7, 11) is -3.26. The van der Waals surface area contributed by atoms with E-state index in [1.165, 1.54) is 0 Å². The molecule has 0 aliphatic rings. The van der Waals surface area contributed by atoms with E-state index in [4.69, 9.17) is 43.9 Å². The fraction of sp³-hybridized carbons (Fsp3) is 1.00. The van der Waals surface area contributed by atoms with Crippen LogP contribution >= 0.6 is 42.4 Å². The minimum atomic E-state index is -3.26. The van der Waals surface area contributed by atoms with Crippen molar-refractivity contribution in [3.63, 3.8) is 0 Å². The fourth-order valence-electron chi connectivity index (χ4n) is 0.875. The monoisotopic (exact) mass is 310 g/mol. The Morgan fingerprint density at radius 2 is 1.31 bits per heavy atom. The Morgan fingerprint density at radius 1 is 0.938 bits per heavy atom. The Bertz CT molecular complexity index is 224. The second kappa shape index (κ2) is 8.18. The highest BCUT2D eigenvalue weighted by Gasteiger charge is 2.35. The maximum Gasteiger partial charge on any atom is 0.335 e. The van der Waals surface area contributed by atoms with Crippen LogP contribution in [0.25, 0.3) is 0 Å². The van der Waals surface area contributed by atoms with Crippen LogP contribution in [0.1, 0.15) is 20.8 Å². The first-order chi connectivity index (χ1) is 7.39. The zero-order chi connectivity index (χ0) is 12.8. The van der Waals surface area contributed by atoms with Crippen molar-refractivity contribution in [1.29, 1.82) is 0 Å². The third-order valence-electron chi connectivity index (χ3n) is 1.85. The van der Waals surface area contributed by atoms with Crippen molar-refractivity contribution in [1.82, 2.24) is 0 Å². The van der Waals surface area contributed by atoms with Crippen LogP contribution in [0.2, 0.25) is 0 Å². The lowest BCUT2D eigenvalue weighted by atomic mass is 10.5. The van der Waals surface area contributed by atoms with Crippen molar-refractivity contribution >= 4 is 42.4 Å². The van der Waals surface area contributed by atoms with E-state index in [-0.39, 0.29) is 35.5 Å². The fourth-order valence-corrected chi connectivity index (χ4v) is 3.47. The second-order valence-electron chi connectivity index (χ2n) is 3.68. The molecule has 0 aliphatic carbocycles. The van der Waals surface area contributed by atoms with Crippen LogP contribution in [0.15, 0.2) is 0 Å². The van der Waals surface area contributed by atoms with Gasteiger partial charge in [-0.2, -0.15) is 0 Å². The van der Waals surface area contributed by atoms with E-state index in [9.17, 15) is 4.57 Å². The standard InChI is InChI=1S/C9H18Cl3O3P/c1-7(4-10)14-16(13,9(3)6-12)15-8(2)5-11/h7-9H,4-6H2,1-3H3/t7-,8-,9+/m0/s1. The molecule has 0 bridgehead atoms. The molecule has 0 saturated carbocycles. The first-order valence-electron chi connectivity index (χ1n) is 5.04. The lowest BCUT2D eigenvalue weighted by molar-refractivity contribution is 0.141. The highest BCUT2D eigenvalue weighted by atomic mass is 35.5. The van der Waals surface area contributed by atoms with Crippen LogP contribution in [-0.2, 0) is 13.6 Å². The molecule has 0 radical (unpaired) electrons. The van der Waals surface area contributed by atoms with E-state index >= 15 is 0 Å². The molecule has 0 rings (SSSR count). The van der Waals surface area contributed by atoms with Crippen LogP contribution in [0.5, 0.6) is 0 Å². The summed E-state index contributed by atoms with van der Waals surface area (Å²) in [4.78, 5) is 0. The molecule has 0 heterocycles. The lowest BCUT2D eigenvalue weighted by Gasteiger charge is -2.27. The molecule has 0 aliphatic heterocycles. The van der Waals surface area contributed by atoms with Crippen molar-refractivity contribution < 1.29 is 13.6 Å². The smallest absolute Gasteiger partial charge is 0.304 e. The van der Waals surface area contributed by atoms with Crippen LogP contribution in [0, 0.1) is 0 Å². The molecule has 7 heteroatoms.